The van der Waals surface area contributed by atoms with Gasteiger partial charge in [0.05, 0.1) is 12.9 Å². The fourth-order valence-electron chi connectivity index (χ4n) is 1.99. The molecule has 0 aliphatic heterocycles. The lowest BCUT2D eigenvalue weighted by Gasteiger charge is -2.15. The van der Waals surface area contributed by atoms with Gasteiger partial charge in [-0.15, -0.1) is 23.2 Å². The molecule has 1 saturated carbocycles. The average molecular weight is 339 g/mol. The number of hydrogen-bond acceptors (Lipinski definition) is 4. The summed E-state index contributed by atoms with van der Waals surface area (Å²) in [7, 11) is -2.16. The van der Waals surface area contributed by atoms with Gasteiger partial charge >= 0.3 is 0 Å². The van der Waals surface area contributed by atoms with E-state index in [2.05, 4.69) is 9.71 Å². The Kier molecular flexibility index (Phi) is 3.86. The average Bonchev–Trinajstić information content (AvgIpc) is 2.74. The first-order chi connectivity index (χ1) is 9.09. The number of hydrogen-bond donors (Lipinski definition) is 1. The van der Waals surface area contributed by atoms with Crippen molar-refractivity contribution in [3.8, 4) is 5.75 Å². The number of nitrogens with one attached hydrogen (secondary N) is 1. The second-order valence-corrected chi connectivity index (χ2v) is 8.51. The molecule has 1 N–H and O–H groups in total. The third-order valence-corrected chi connectivity index (χ3v) is 6.05. The van der Waals surface area contributed by atoms with Crippen molar-refractivity contribution in [3.05, 3.63) is 17.8 Å². The molecule has 20 heavy (non-hydrogen) atoms. The molecule has 1 aromatic heterocycles. The highest BCUT2D eigenvalue weighted by Gasteiger charge is 2.64. The lowest BCUT2D eigenvalue weighted by Crippen LogP contribution is -2.25. The number of alkyl halides is 2. The first kappa shape index (κ1) is 15.7. The number of sulfonamides is 1. The van der Waals surface area contributed by atoms with E-state index in [1.54, 1.807) is 26.0 Å². The molecule has 8 heteroatoms. The zero-order chi connectivity index (χ0) is 15.2. The number of ether oxygens (including phenoxy) is 1. The Balaban J connectivity index is 2.19. The minimum absolute atomic E-state index is 0.161. The summed E-state index contributed by atoms with van der Waals surface area (Å²) < 4.78 is 30.9. The van der Waals surface area contributed by atoms with Crippen molar-refractivity contribution in [3.63, 3.8) is 0 Å². The predicted molar refractivity (Wildman–Crippen MR) is 80.1 cm³/mol. The summed E-state index contributed by atoms with van der Waals surface area (Å²) in [5.74, 6) is 0.376. The Morgan fingerprint density at radius 1 is 1.45 bits per heavy atom. The van der Waals surface area contributed by atoms with Gasteiger partial charge in [-0.25, -0.2) is 13.4 Å². The van der Waals surface area contributed by atoms with E-state index in [4.69, 9.17) is 27.9 Å². The molecule has 0 amide bonds. The van der Waals surface area contributed by atoms with Gasteiger partial charge in [0.25, 0.3) is 0 Å². The van der Waals surface area contributed by atoms with Crippen LogP contribution in [-0.4, -0.2) is 30.6 Å². The smallest absolute Gasteiger partial charge is 0.234 e. The molecule has 1 atom stereocenters. The molecule has 0 spiro atoms. The maximum absolute atomic E-state index is 12.2. The Labute approximate surface area is 128 Å². The quantitative estimate of drug-likeness (QED) is 0.838. The van der Waals surface area contributed by atoms with Gasteiger partial charge in [-0.3, -0.25) is 4.72 Å². The minimum atomic E-state index is -3.61. The monoisotopic (exact) mass is 338 g/mol. The van der Waals surface area contributed by atoms with Crippen molar-refractivity contribution in [1.29, 1.82) is 0 Å². The summed E-state index contributed by atoms with van der Waals surface area (Å²) in [5, 5.41) is 0. The molecule has 0 aromatic carbocycles. The highest BCUT2D eigenvalue weighted by atomic mass is 35.5. The van der Waals surface area contributed by atoms with E-state index in [-0.39, 0.29) is 11.6 Å². The molecule has 1 fully saturated rings. The largest absolute Gasteiger partial charge is 0.493 e. The lowest BCUT2D eigenvalue weighted by molar-refractivity contribution is 0.415. The van der Waals surface area contributed by atoms with E-state index in [0.717, 1.165) is 0 Å². The molecular weight excluding hydrogens is 323 g/mol. The molecule has 1 aliphatic rings. The predicted octanol–water partition coefficient (Wildman–Crippen LogP) is 2.72. The third kappa shape index (κ3) is 3.13. The molecule has 1 aromatic rings. The number of rotatable bonds is 5. The number of aryl methyl sites for hydroxylation is 1. The SMILES string of the molecule is COc1ccc(C)nc1NS(=O)(=O)CC1(C)CC1(Cl)Cl. The fourth-order valence-corrected chi connectivity index (χ4v) is 4.57. The second kappa shape index (κ2) is 4.93. The number of halogens is 2. The summed E-state index contributed by atoms with van der Waals surface area (Å²) in [6, 6.07) is 3.40. The maximum Gasteiger partial charge on any atom is 0.234 e. The van der Waals surface area contributed by atoms with Gasteiger partial charge in [0.15, 0.2) is 11.6 Å². The Hall–Kier alpha value is -0.720. The first-order valence-corrected chi connectivity index (χ1v) is 8.39. The molecule has 0 radical (unpaired) electrons. The van der Waals surface area contributed by atoms with Crippen LogP contribution in [0.3, 0.4) is 0 Å². The molecule has 5 nitrogen and oxygen atoms in total. The van der Waals surface area contributed by atoms with Crippen LogP contribution in [0.4, 0.5) is 5.82 Å². The second-order valence-electron chi connectivity index (χ2n) is 5.31. The lowest BCUT2D eigenvalue weighted by atomic mass is 10.2. The first-order valence-electron chi connectivity index (χ1n) is 5.99. The van der Waals surface area contributed by atoms with E-state index >= 15 is 0 Å². The van der Waals surface area contributed by atoms with Gasteiger partial charge in [-0.05, 0) is 25.5 Å². The normalized spacial score (nSPS) is 24.2. The molecule has 112 valence electrons. The van der Waals surface area contributed by atoms with E-state index in [1.807, 2.05) is 0 Å². The van der Waals surface area contributed by atoms with Crippen molar-refractivity contribution in [2.75, 3.05) is 17.6 Å². The van der Waals surface area contributed by atoms with Crippen LogP contribution in [-0.2, 0) is 10.0 Å². The van der Waals surface area contributed by atoms with Crippen molar-refractivity contribution in [2.45, 2.75) is 24.6 Å². The third-order valence-electron chi connectivity index (χ3n) is 3.35. The number of pyridine rings is 1. The maximum atomic E-state index is 12.2. The Morgan fingerprint density at radius 2 is 2.05 bits per heavy atom. The summed E-state index contributed by atoms with van der Waals surface area (Å²) in [4.78, 5) is 4.13. The highest BCUT2D eigenvalue weighted by Crippen LogP contribution is 2.64. The number of aromatic nitrogens is 1. The van der Waals surface area contributed by atoms with Crippen LogP contribution in [0.1, 0.15) is 19.0 Å². The van der Waals surface area contributed by atoms with Crippen LogP contribution in [0.25, 0.3) is 0 Å². The van der Waals surface area contributed by atoms with Crippen LogP contribution in [0.15, 0.2) is 12.1 Å². The van der Waals surface area contributed by atoms with Crippen LogP contribution >= 0.6 is 23.2 Å². The minimum Gasteiger partial charge on any atom is -0.493 e. The summed E-state index contributed by atoms with van der Waals surface area (Å²) in [6.07, 6.45) is 0.447. The van der Waals surface area contributed by atoms with Crippen molar-refractivity contribution >= 4 is 39.0 Å². The highest BCUT2D eigenvalue weighted by molar-refractivity contribution is 7.92. The van der Waals surface area contributed by atoms with E-state index in [0.29, 0.717) is 17.9 Å². The van der Waals surface area contributed by atoms with Gasteiger partial charge in [0, 0.05) is 11.1 Å². The standard InChI is InChI=1S/C12H16Cl2N2O3S/c1-8-4-5-9(19-3)10(15-8)16-20(17,18)7-11(2)6-12(11,13)14/h4-5H,6-7H2,1-3H3,(H,15,16). The fraction of sp³-hybridized carbons (Fsp3) is 0.583. The number of methoxy groups -OCH3 is 1. The van der Waals surface area contributed by atoms with E-state index in [9.17, 15) is 8.42 Å². The van der Waals surface area contributed by atoms with Gasteiger partial charge in [0.2, 0.25) is 10.0 Å². The van der Waals surface area contributed by atoms with Crippen LogP contribution < -0.4 is 9.46 Å². The van der Waals surface area contributed by atoms with Crippen LogP contribution in [0.2, 0.25) is 0 Å². The van der Waals surface area contributed by atoms with Crippen molar-refractivity contribution < 1.29 is 13.2 Å². The van der Waals surface area contributed by atoms with Crippen LogP contribution in [0.5, 0.6) is 5.75 Å². The molecule has 1 unspecified atom stereocenters. The Bertz CT molecular complexity index is 634. The van der Waals surface area contributed by atoms with E-state index in [1.165, 1.54) is 7.11 Å². The van der Waals surface area contributed by atoms with Gasteiger partial charge < -0.3 is 4.74 Å². The molecule has 2 rings (SSSR count). The van der Waals surface area contributed by atoms with Gasteiger partial charge in [0.1, 0.15) is 4.33 Å². The van der Waals surface area contributed by atoms with Gasteiger partial charge in [-0.1, -0.05) is 6.92 Å². The zero-order valence-electron chi connectivity index (χ0n) is 11.4. The van der Waals surface area contributed by atoms with Crippen molar-refractivity contribution in [1.82, 2.24) is 4.98 Å². The van der Waals surface area contributed by atoms with E-state index < -0.39 is 19.8 Å². The summed E-state index contributed by atoms with van der Waals surface area (Å²) >= 11 is 11.9. The van der Waals surface area contributed by atoms with Crippen molar-refractivity contribution in [2.24, 2.45) is 5.41 Å². The Morgan fingerprint density at radius 3 is 2.55 bits per heavy atom. The molecule has 0 bridgehead atoms. The van der Waals surface area contributed by atoms with Gasteiger partial charge in [-0.2, -0.15) is 0 Å². The molecular formula is C12H16Cl2N2O3S. The molecule has 1 aliphatic carbocycles. The molecule has 0 saturated heterocycles. The summed E-state index contributed by atoms with van der Waals surface area (Å²) in [5.41, 5.74) is 0.0455. The number of anilines is 1. The topological polar surface area (TPSA) is 68.3 Å². The number of nitrogens with zero attached hydrogens (tertiary/aromatic N) is 1. The zero-order valence-corrected chi connectivity index (χ0v) is 13.7. The van der Waals surface area contributed by atoms with Crippen LogP contribution in [0, 0.1) is 12.3 Å². The summed E-state index contributed by atoms with van der Waals surface area (Å²) in [6.45, 7) is 3.51. The molecule has 1 heterocycles.